The van der Waals surface area contributed by atoms with Crippen molar-refractivity contribution in [3.63, 3.8) is 0 Å². The van der Waals surface area contributed by atoms with E-state index in [9.17, 15) is 0 Å². The van der Waals surface area contributed by atoms with Crippen LogP contribution in [0.15, 0.2) is 47.8 Å². The van der Waals surface area contributed by atoms with E-state index in [4.69, 9.17) is 0 Å². The van der Waals surface area contributed by atoms with E-state index in [2.05, 4.69) is 54.8 Å². The maximum Gasteiger partial charge on any atom is 0.237 e. The van der Waals surface area contributed by atoms with Gasteiger partial charge < -0.3 is 0 Å². The molecule has 2 aromatic rings. The summed E-state index contributed by atoms with van der Waals surface area (Å²) in [5.74, 6) is 0. The van der Waals surface area contributed by atoms with Crippen LogP contribution < -0.4 is 0 Å². The summed E-state index contributed by atoms with van der Waals surface area (Å²) in [7, 11) is 0. The van der Waals surface area contributed by atoms with Gasteiger partial charge in [-0.05, 0) is 30.2 Å². The van der Waals surface area contributed by atoms with Gasteiger partial charge in [-0.1, -0.05) is 25.1 Å². The Morgan fingerprint density at radius 3 is 2.36 bits per heavy atom. The van der Waals surface area contributed by atoms with Gasteiger partial charge in [0, 0.05) is 11.6 Å². The topological polar surface area (TPSA) is 0 Å². The van der Waals surface area contributed by atoms with E-state index in [1.165, 1.54) is 16.0 Å². The van der Waals surface area contributed by atoms with Crippen molar-refractivity contribution >= 4 is 11.3 Å². The average molecular weight is 201 g/mol. The number of hydrogen-bond acceptors (Lipinski definition) is 0. The Hall–Kier alpha value is -1.21. The van der Waals surface area contributed by atoms with E-state index in [1.807, 2.05) is 0 Å². The van der Waals surface area contributed by atoms with Crippen LogP contribution in [0.5, 0.6) is 0 Å². The highest BCUT2D eigenvalue weighted by Crippen LogP contribution is 2.23. The first-order chi connectivity index (χ1) is 6.90. The van der Waals surface area contributed by atoms with Crippen molar-refractivity contribution in [2.45, 2.75) is 13.3 Å². The summed E-state index contributed by atoms with van der Waals surface area (Å²) in [5, 5.41) is 2.11. The molecule has 0 aliphatic carbocycles. The lowest BCUT2D eigenvalue weighted by molar-refractivity contribution is 1.14. The molecule has 2 rings (SSSR count). The Morgan fingerprint density at radius 1 is 1.00 bits per heavy atom. The van der Waals surface area contributed by atoms with Crippen molar-refractivity contribution in [1.82, 2.24) is 0 Å². The summed E-state index contributed by atoms with van der Waals surface area (Å²) in [6, 6.07) is 15.1. The van der Waals surface area contributed by atoms with Gasteiger partial charge in [-0.2, -0.15) is 0 Å². The molecule has 0 radical (unpaired) electrons. The SMILES string of the molecule is CCc1ccc(-c2cccc[s+]2)cc1. The summed E-state index contributed by atoms with van der Waals surface area (Å²) in [6.45, 7) is 2.18. The maximum absolute atomic E-state index is 2.20. The van der Waals surface area contributed by atoms with Gasteiger partial charge in [0.2, 0.25) is 16.2 Å². The zero-order chi connectivity index (χ0) is 9.80. The molecule has 1 aromatic carbocycles. The molecule has 0 nitrogen and oxygen atoms in total. The van der Waals surface area contributed by atoms with Gasteiger partial charge in [-0.3, -0.25) is 0 Å². The first-order valence-corrected chi connectivity index (χ1v) is 5.74. The number of benzene rings is 1. The van der Waals surface area contributed by atoms with Crippen LogP contribution in [0.25, 0.3) is 10.4 Å². The van der Waals surface area contributed by atoms with Gasteiger partial charge in [0.1, 0.15) is 0 Å². The van der Waals surface area contributed by atoms with Crippen LogP contribution in [0.4, 0.5) is 0 Å². The minimum absolute atomic E-state index is 1.11. The molecule has 1 heteroatoms. The molecule has 14 heavy (non-hydrogen) atoms. The third-order valence-corrected chi connectivity index (χ3v) is 3.20. The minimum Gasteiger partial charge on any atom is -0.0613 e. The van der Waals surface area contributed by atoms with E-state index >= 15 is 0 Å². The van der Waals surface area contributed by atoms with Gasteiger partial charge in [-0.25, -0.2) is 0 Å². The van der Waals surface area contributed by atoms with Crippen LogP contribution in [0.2, 0.25) is 0 Å². The van der Waals surface area contributed by atoms with Gasteiger partial charge in [0.25, 0.3) is 0 Å². The first-order valence-electron chi connectivity index (χ1n) is 4.86. The zero-order valence-corrected chi connectivity index (χ0v) is 9.05. The van der Waals surface area contributed by atoms with Crippen molar-refractivity contribution in [2.24, 2.45) is 0 Å². The lowest BCUT2D eigenvalue weighted by Gasteiger charge is -1.96. The average Bonchev–Trinajstić information content (AvgIpc) is 2.30. The molecule has 0 saturated heterocycles. The highest BCUT2D eigenvalue weighted by atomic mass is 32.1. The second-order valence-corrected chi connectivity index (χ2v) is 4.17. The summed E-state index contributed by atoms with van der Waals surface area (Å²) in [6.07, 6.45) is 1.11. The predicted octanol–water partition coefficient (Wildman–Crippen LogP) is 4.26. The molecule has 0 aliphatic rings. The van der Waals surface area contributed by atoms with Crippen molar-refractivity contribution < 1.29 is 0 Å². The fraction of sp³-hybridized carbons (Fsp3) is 0.154. The highest BCUT2D eigenvalue weighted by Gasteiger charge is 2.06. The molecule has 0 fully saturated rings. The molecular formula is C13H13S+. The monoisotopic (exact) mass is 201 g/mol. The van der Waals surface area contributed by atoms with Crippen LogP contribution in [0.1, 0.15) is 12.5 Å². The normalized spacial score (nSPS) is 10.1. The molecule has 0 unspecified atom stereocenters. The molecule has 0 N–H and O–H groups in total. The Labute approximate surface area is 88.9 Å². The van der Waals surface area contributed by atoms with E-state index in [0.29, 0.717) is 0 Å². The molecule has 1 aromatic heterocycles. The number of rotatable bonds is 2. The molecule has 1 heterocycles. The maximum atomic E-state index is 2.20. The van der Waals surface area contributed by atoms with E-state index in [0.717, 1.165) is 6.42 Å². The summed E-state index contributed by atoms with van der Waals surface area (Å²) in [5.41, 5.74) is 2.71. The fourth-order valence-corrected chi connectivity index (χ4v) is 2.15. The standard InChI is InChI=1S/C13H13S/c1-2-11-6-8-12(9-7-11)13-5-3-4-10-14-13/h3-10H,2H2,1H3/q+1. The van der Waals surface area contributed by atoms with Crippen LogP contribution in [-0.2, 0) is 6.42 Å². The first kappa shape index (κ1) is 9.35. The largest absolute Gasteiger partial charge is 0.237 e. The lowest BCUT2D eigenvalue weighted by Crippen LogP contribution is -1.79. The molecular weight excluding hydrogens is 188 g/mol. The second-order valence-electron chi connectivity index (χ2n) is 3.22. The van der Waals surface area contributed by atoms with Crippen molar-refractivity contribution in [3.05, 3.63) is 53.4 Å². The van der Waals surface area contributed by atoms with Crippen molar-refractivity contribution in [3.8, 4) is 10.4 Å². The third kappa shape index (κ3) is 1.99. The van der Waals surface area contributed by atoms with Gasteiger partial charge in [0.15, 0.2) is 5.38 Å². The second kappa shape index (κ2) is 4.34. The van der Waals surface area contributed by atoms with Crippen LogP contribution in [0, 0.1) is 0 Å². The quantitative estimate of drug-likeness (QED) is 0.637. The van der Waals surface area contributed by atoms with Crippen molar-refractivity contribution in [1.29, 1.82) is 0 Å². The number of aryl methyl sites for hydroxylation is 1. The van der Waals surface area contributed by atoms with Crippen LogP contribution in [0.3, 0.4) is 0 Å². The Kier molecular flexibility index (Phi) is 2.90. The molecule has 0 bridgehead atoms. The molecule has 70 valence electrons. The number of hydrogen-bond donors (Lipinski definition) is 0. The van der Waals surface area contributed by atoms with E-state index < -0.39 is 0 Å². The third-order valence-electron chi connectivity index (χ3n) is 2.28. The van der Waals surface area contributed by atoms with Crippen LogP contribution >= 0.6 is 11.3 Å². The minimum atomic E-state index is 1.11. The lowest BCUT2D eigenvalue weighted by atomic mass is 10.1. The summed E-state index contributed by atoms with van der Waals surface area (Å²) >= 11 is 1.78. The smallest absolute Gasteiger partial charge is 0.0613 e. The predicted molar refractivity (Wildman–Crippen MR) is 63.5 cm³/mol. The van der Waals surface area contributed by atoms with E-state index in [-0.39, 0.29) is 0 Å². The molecule has 0 saturated carbocycles. The van der Waals surface area contributed by atoms with Gasteiger partial charge in [0.05, 0.1) is 0 Å². The molecule has 0 spiro atoms. The Bertz CT molecular complexity index is 389. The Morgan fingerprint density at radius 2 is 1.79 bits per heavy atom. The van der Waals surface area contributed by atoms with Gasteiger partial charge in [-0.15, -0.1) is 0 Å². The van der Waals surface area contributed by atoms with E-state index in [1.54, 1.807) is 11.3 Å². The summed E-state index contributed by atoms with van der Waals surface area (Å²) in [4.78, 5) is 1.33. The zero-order valence-electron chi connectivity index (χ0n) is 8.23. The van der Waals surface area contributed by atoms with Crippen molar-refractivity contribution in [2.75, 3.05) is 0 Å². The summed E-state index contributed by atoms with van der Waals surface area (Å²) < 4.78 is 0. The van der Waals surface area contributed by atoms with Crippen LogP contribution in [-0.4, -0.2) is 0 Å². The fourth-order valence-electron chi connectivity index (χ4n) is 1.41. The molecule has 0 amide bonds. The Balaban J connectivity index is 2.34. The van der Waals surface area contributed by atoms with Gasteiger partial charge >= 0.3 is 0 Å². The molecule has 0 atom stereocenters. The highest BCUT2D eigenvalue weighted by molar-refractivity contribution is 7.13. The molecule has 0 aliphatic heterocycles.